The van der Waals surface area contributed by atoms with Crippen LogP contribution in [0.15, 0.2) is 61.1 Å². The third kappa shape index (κ3) is 3.12. The SMILES string of the molecule is O=C(Nc1cnc(-c2ccccn2)nc1)c1ccc(F)cc1. The molecule has 108 valence electrons. The van der Waals surface area contributed by atoms with Gasteiger partial charge in [-0.2, -0.15) is 0 Å². The molecule has 1 aromatic carbocycles. The Morgan fingerprint density at radius 2 is 1.68 bits per heavy atom. The van der Waals surface area contributed by atoms with Crippen LogP contribution >= 0.6 is 0 Å². The average molecular weight is 294 g/mol. The van der Waals surface area contributed by atoms with E-state index in [-0.39, 0.29) is 11.7 Å². The molecular weight excluding hydrogens is 283 g/mol. The molecule has 0 saturated carbocycles. The number of rotatable bonds is 3. The molecule has 3 rings (SSSR count). The number of carbonyl (C=O) groups excluding carboxylic acids is 1. The van der Waals surface area contributed by atoms with E-state index in [4.69, 9.17) is 0 Å². The van der Waals surface area contributed by atoms with Crippen molar-refractivity contribution in [2.75, 3.05) is 5.32 Å². The molecule has 0 aliphatic heterocycles. The quantitative estimate of drug-likeness (QED) is 0.806. The minimum absolute atomic E-state index is 0.353. The predicted molar refractivity (Wildman–Crippen MR) is 79.6 cm³/mol. The van der Waals surface area contributed by atoms with E-state index in [0.29, 0.717) is 22.8 Å². The molecule has 2 aromatic heterocycles. The highest BCUT2D eigenvalue weighted by Crippen LogP contribution is 2.13. The third-order valence-electron chi connectivity index (χ3n) is 2.91. The minimum atomic E-state index is -0.389. The monoisotopic (exact) mass is 294 g/mol. The Balaban J connectivity index is 1.73. The van der Waals surface area contributed by atoms with Crippen LogP contribution in [0.4, 0.5) is 10.1 Å². The van der Waals surface area contributed by atoms with Gasteiger partial charge in [0.1, 0.15) is 11.5 Å². The van der Waals surface area contributed by atoms with Gasteiger partial charge in [-0.25, -0.2) is 14.4 Å². The zero-order valence-corrected chi connectivity index (χ0v) is 11.4. The van der Waals surface area contributed by atoms with Crippen molar-refractivity contribution < 1.29 is 9.18 Å². The van der Waals surface area contributed by atoms with Crippen LogP contribution in [0.2, 0.25) is 0 Å². The lowest BCUT2D eigenvalue weighted by Gasteiger charge is -2.05. The van der Waals surface area contributed by atoms with Gasteiger partial charge < -0.3 is 5.32 Å². The van der Waals surface area contributed by atoms with E-state index in [9.17, 15) is 9.18 Å². The lowest BCUT2D eigenvalue weighted by atomic mass is 10.2. The van der Waals surface area contributed by atoms with Gasteiger partial charge >= 0.3 is 0 Å². The summed E-state index contributed by atoms with van der Waals surface area (Å²) in [4.78, 5) is 24.4. The molecule has 3 aromatic rings. The summed E-state index contributed by atoms with van der Waals surface area (Å²) in [5.74, 6) is -0.269. The Morgan fingerprint density at radius 3 is 2.32 bits per heavy atom. The highest BCUT2D eigenvalue weighted by Gasteiger charge is 2.07. The molecule has 0 atom stereocenters. The molecule has 6 heteroatoms. The number of halogens is 1. The largest absolute Gasteiger partial charge is 0.319 e. The van der Waals surface area contributed by atoms with Crippen LogP contribution in [-0.2, 0) is 0 Å². The second kappa shape index (κ2) is 6.09. The van der Waals surface area contributed by atoms with Crippen LogP contribution in [0.3, 0.4) is 0 Å². The maximum atomic E-state index is 12.8. The third-order valence-corrected chi connectivity index (χ3v) is 2.91. The van der Waals surface area contributed by atoms with Crippen LogP contribution in [0.25, 0.3) is 11.5 Å². The van der Waals surface area contributed by atoms with Crippen LogP contribution in [-0.4, -0.2) is 20.9 Å². The first-order valence-corrected chi connectivity index (χ1v) is 6.53. The first kappa shape index (κ1) is 13.8. The van der Waals surface area contributed by atoms with E-state index < -0.39 is 0 Å². The average Bonchev–Trinajstić information content (AvgIpc) is 2.57. The van der Waals surface area contributed by atoms with E-state index in [1.54, 1.807) is 18.3 Å². The van der Waals surface area contributed by atoms with Gasteiger partial charge in [-0.05, 0) is 36.4 Å². The maximum Gasteiger partial charge on any atom is 0.255 e. The van der Waals surface area contributed by atoms with Crippen molar-refractivity contribution in [1.82, 2.24) is 15.0 Å². The molecule has 2 heterocycles. The van der Waals surface area contributed by atoms with Crippen LogP contribution < -0.4 is 5.32 Å². The molecule has 0 fully saturated rings. The second-order valence-electron chi connectivity index (χ2n) is 4.47. The minimum Gasteiger partial charge on any atom is -0.319 e. The molecule has 0 bridgehead atoms. The van der Waals surface area contributed by atoms with Crippen molar-refractivity contribution in [3.05, 3.63) is 72.4 Å². The Bertz CT molecular complexity index is 774. The Kier molecular flexibility index (Phi) is 3.82. The highest BCUT2D eigenvalue weighted by atomic mass is 19.1. The van der Waals surface area contributed by atoms with Gasteiger partial charge in [-0.3, -0.25) is 9.78 Å². The molecule has 0 unspecified atom stereocenters. The standard InChI is InChI=1S/C16H11FN4O/c17-12-6-4-11(5-7-12)16(22)21-13-9-19-15(20-10-13)14-3-1-2-8-18-14/h1-10H,(H,21,22). The van der Waals surface area contributed by atoms with Crippen LogP contribution in [0.1, 0.15) is 10.4 Å². The van der Waals surface area contributed by atoms with Gasteiger partial charge in [0.25, 0.3) is 5.91 Å². The summed E-state index contributed by atoms with van der Waals surface area (Å²) < 4.78 is 12.8. The first-order chi connectivity index (χ1) is 10.7. The number of aromatic nitrogens is 3. The molecule has 1 N–H and O–H groups in total. The number of anilines is 1. The number of hydrogen-bond donors (Lipinski definition) is 1. The predicted octanol–water partition coefficient (Wildman–Crippen LogP) is 2.93. The molecule has 0 aliphatic rings. The fraction of sp³-hybridized carbons (Fsp3) is 0. The smallest absolute Gasteiger partial charge is 0.255 e. The zero-order valence-electron chi connectivity index (χ0n) is 11.4. The normalized spacial score (nSPS) is 10.2. The van der Waals surface area contributed by atoms with Gasteiger partial charge in [-0.15, -0.1) is 0 Å². The maximum absolute atomic E-state index is 12.8. The number of hydrogen-bond acceptors (Lipinski definition) is 4. The number of benzene rings is 1. The van der Waals surface area contributed by atoms with Crippen molar-refractivity contribution in [2.45, 2.75) is 0 Å². The lowest BCUT2D eigenvalue weighted by Crippen LogP contribution is -2.12. The number of nitrogens with one attached hydrogen (secondary N) is 1. The number of amides is 1. The van der Waals surface area contributed by atoms with Crippen molar-refractivity contribution >= 4 is 11.6 Å². The fourth-order valence-electron chi connectivity index (χ4n) is 1.82. The van der Waals surface area contributed by atoms with E-state index >= 15 is 0 Å². The number of pyridine rings is 1. The summed E-state index contributed by atoms with van der Waals surface area (Å²) in [6.45, 7) is 0. The molecule has 22 heavy (non-hydrogen) atoms. The van der Waals surface area contributed by atoms with Gasteiger partial charge in [0.2, 0.25) is 0 Å². The fourth-order valence-corrected chi connectivity index (χ4v) is 1.82. The van der Waals surface area contributed by atoms with Gasteiger partial charge in [0, 0.05) is 11.8 Å². The molecule has 0 aliphatic carbocycles. The second-order valence-corrected chi connectivity index (χ2v) is 4.47. The van der Waals surface area contributed by atoms with Crippen LogP contribution in [0, 0.1) is 5.82 Å². The van der Waals surface area contributed by atoms with Crippen LogP contribution in [0.5, 0.6) is 0 Å². The molecule has 1 amide bonds. The Hall–Kier alpha value is -3.15. The number of nitrogens with zero attached hydrogens (tertiary/aromatic N) is 3. The summed E-state index contributed by atoms with van der Waals surface area (Å²) in [6, 6.07) is 10.7. The van der Waals surface area contributed by atoms with E-state index in [1.165, 1.54) is 36.7 Å². The molecule has 5 nitrogen and oxygen atoms in total. The van der Waals surface area contributed by atoms with Crippen molar-refractivity contribution in [3.63, 3.8) is 0 Å². The lowest BCUT2D eigenvalue weighted by molar-refractivity contribution is 0.102. The first-order valence-electron chi connectivity index (χ1n) is 6.53. The molecular formula is C16H11FN4O. The van der Waals surface area contributed by atoms with Gasteiger partial charge in [0.05, 0.1) is 18.1 Å². The van der Waals surface area contributed by atoms with Crippen molar-refractivity contribution in [1.29, 1.82) is 0 Å². The summed E-state index contributed by atoms with van der Waals surface area (Å²) >= 11 is 0. The summed E-state index contributed by atoms with van der Waals surface area (Å²) in [5, 5.41) is 2.65. The van der Waals surface area contributed by atoms with E-state index in [2.05, 4.69) is 20.3 Å². The molecule has 0 saturated heterocycles. The van der Waals surface area contributed by atoms with Crippen molar-refractivity contribution in [2.24, 2.45) is 0 Å². The van der Waals surface area contributed by atoms with Crippen molar-refractivity contribution in [3.8, 4) is 11.5 Å². The molecule has 0 radical (unpaired) electrons. The van der Waals surface area contributed by atoms with Gasteiger partial charge in [0.15, 0.2) is 5.82 Å². The Morgan fingerprint density at radius 1 is 0.955 bits per heavy atom. The zero-order chi connectivity index (χ0) is 15.4. The summed E-state index contributed by atoms with van der Waals surface area (Å²) in [5.41, 5.74) is 1.46. The Labute approximate surface area is 125 Å². The van der Waals surface area contributed by atoms with E-state index in [0.717, 1.165) is 0 Å². The van der Waals surface area contributed by atoms with Gasteiger partial charge in [-0.1, -0.05) is 6.07 Å². The highest BCUT2D eigenvalue weighted by molar-refractivity contribution is 6.04. The summed E-state index contributed by atoms with van der Waals surface area (Å²) in [7, 11) is 0. The summed E-state index contributed by atoms with van der Waals surface area (Å²) in [6.07, 6.45) is 4.65. The topological polar surface area (TPSA) is 67.8 Å². The number of carbonyl (C=O) groups is 1. The van der Waals surface area contributed by atoms with E-state index in [1.807, 2.05) is 6.07 Å². The molecule has 0 spiro atoms.